The number of amides is 1. The molecule has 3 atom stereocenters. The lowest BCUT2D eigenvalue weighted by molar-refractivity contribution is -0.128. The van der Waals surface area contributed by atoms with Gasteiger partial charge in [0.15, 0.2) is 0 Å². The maximum Gasteiger partial charge on any atom is 0.226 e. The number of hydrogen-bond donors (Lipinski definition) is 1. The molecule has 0 spiro atoms. The summed E-state index contributed by atoms with van der Waals surface area (Å²) in [5.41, 5.74) is 1.14. The van der Waals surface area contributed by atoms with Crippen molar-refractivity contribution in [2.75, 3.05) is 19.6 Å². The molecule has 0 unspecified atom stereocenters. The monoisotopic (exact) mass is 274 g/mol. The van der Waals surface area contributed by atoms with Crippen molar-refractivity contribution in [3.8, 4) is 0 Å². The highest BCUT2D eigenvalue weighted by Gasteiger charge is 2.44. The van der Waals surface area contributed by atoms with Crippen LogP contribution in [0.5, 0.6) is 0 Å². The Labute approximate surface area is 120 Å². The Morgan fingerprint density at radius 3 is 2.90 bits per heavy atom. The third-order valence-electron chi connectivity index (χ3n) is 4.33. The van der Waals surface area contributed by atoms with E-state index in [1.807, 2.05) is 30.3 Å². The molecule has 2 heterocycles. The lowest BCUT2D eigenvalue weighted by Gasteiger charge is -2.31. The van der Waals surface area contributed by atoms with Crippen LogP contribution in [0.15, 0.2) is 30.3 Å². The molecule has 1 N–H and O–H groups in total. The van der Waals surface area contributed by atoms with Gasteiger partial charge in [-0.1, -0.05) is 37.3 Å². The number of likely N-dealkylation sites (tertiary alicyclic amines) is 1. The normalized spacial score (nSPS) is 29.4. The molecular weight excluding hydrogens is 252 g/mol. The minimum atomic E-state index is 0.0141. The second-order valence-electron chi connectivity index (χ2n) is 5.69. The Hall–Kier alpha value is -1.39. The van der Waals surface area contributed by atoms with Crippen molar-refractivity contribution in [3.05, 3.63) is 35.9 Å². The molecule has 108 valence electrons. The van der Waals surface area contributed by atoms with Crippen LogP contribution in [-0.4, -0.2) is 42.6 Å². The summed E-state index contributed by atoms with van der Waals surface area (Å²) in [5.74, 6) is 0.152. The van der Waals surface area contributed by atoms with Crippen LogP contribution in [0.2, 0.25) is 0 Å². The Morgan fingerprint density at radius 1 is 1.35 bits per heavy atom. The van der Waals surface area contributed by atoms with E-state index < -0.39 is 0 Å². The lowest BCUT2D eigenvalue weighted by atomic mass is 9.99. The molecular formula is C16H22N2O2. The van der Waals surface area contributed by atoms with Gasteiger partial charge in [0.2, 0.25) is 5.91 Å². The number of rotatable bonds is 4. The van der Waals surface area contributed by atoms with Gasteiger partial charge in [0.05, 0.1) is 18.1 Å². The zero-order valence-electron chi connectivity index (χ0n) is 11.9. The molecule has 0 aliphatic carbocycles. The number of benzene rings is 1. The zero-order chi connectivity index (χ0) is 13.9. The molecule has 2 bridgehead atoms. The van der Waals surface area contributed by atoms with E-state index in [1.54, 1.807) is 0 Å². The van der Waals surface area contributed by atoms with E-state index in [0.717, 1.165) is 31.6 Å². The summed E-state index contributed by atoms with van der Waals surface area (Å²) in [6, 6.07) is 10.0. The fourth-order valence-electron chi connectivity index (χ4n) is 3.19. The van der Waals surface area contributed by atoms with Crippen molar-refractivity contribution in [1.29, 1.82) is 0 Å². The summed E-state index contributed by atoms with van der Waals surface area (Å²) in [4.78, 5) is 14.7. The number of likely N-dealkylation sites (N-methyl/N-ethyl adjacent to an activating group) is 1. The van der Waals surface area contributed by atoms with Gasteiger partial charge in [0.25, 0.3) is 0 Å². The van der Waals surface area contributed by atoms with Crippen LogP contribution >= 0.6 is 0 Å². The minimum absolute atomic E-state index is 0.0141. The number of hydrogen-bond acceptors (Lipinski definition) is 3. The highest BCUT2D eigenvalue weighted by molar-refractivity contribution is 5.79. The standard InChI is InChI=1S/C16H22N2O2/c1-2-18-10-13-8-14(15(11-18)20-13)16(19)17-9-12-6-4-3-5-7-12/h3-7,13-15H,2,8-11H2,1H3,(H,17,19)/t13-,14-,15+/m0/s1. The Kier molecular flexibility index (Phi) is 4.03. The van der Waals surface area contributed by atoms with E-state index in [2.05, 4.69) is 17.1 Å². The second kappa shape index (κ2) is 5.94. The minimum Gasteiger partial charge on any atom is -0.371 e. The summed E-state index contributed by atoms with van der Waals surface area (Å²) in [5, 5.41) is 3.05. The molecule has 4 heteroatoms. The van der Waals surface area contributed by atoms with Crippen molar-refractivity contribution in [2.45, 2.75) is 32.1 Å². The predicted molar refractivity (Wildman–Crippen MR) is 77.2 cm³/mol. The Morgan fingerprint density at radius 2 is 2.15 bits per heavy atom. The highest BCUT2D eigenvalue weighted by atomic mass is 16.5. The number of nitrogens with one attached hydrogen (secondary N) is 1. The quantitative estimate of drug-likeness (QED) is 0.902. The van der Waals surface area contributed by atoms with E-state index in [-0.39, 0.29) is 24.0 Å². The number of ether oxygens (including phenoxy) is 1. The molecule has 2 saturated heterocycles. The van der Waals surface area contributed by atoms with E-state index in [4.69, 9.17) is 4.74 Å². The van der Waals surface area contributed by atoms with Crippen molar-refractivity contribution in [1.82, 2.24) is 10.2 Å². The molecule has 20 heavy (non-hydrogen) atoms. The number of fused-ring (bicyclic) bond motifs is 2. The molecule has 0 aromatic heterocycles. The van der Waals surface area contributed by atoms with Crippen molar-refractivity contribution < 1.29 is 9.53 Å². The van der Waals surface area contributed by atoms with Crippen LogP contribution in [-0.2, 0) is 16.1 Å². The summed E-state index contributed by atoms with van der Waals surface area (Å²) in [6.07, 6.45) is 1.17. The molecule has 1 aromatic rings. The van der Waals surface area contributed by atoms with Gasteiger partial charge >= 0.3 is 0 Å². The fraction of sp³-hybridized carbons (Fsp3) is 0.562. The van der Waals surface area contributed by atoms with Crippen LogP contribution in [0.3, 0.4) is 0 Å². The summed E-state index contributed by atoms with van der Waals surface area (Å²) < 4.78 is 5.91. The molecule has 2 aliphatic rings. The van der Waals surface area contributed by atoms with Crippen LogP contribution < -0.4 is 5.32 Å². The number of carbonyl (C=O) groups is 1. The topological polar surface area (TPSA) is 41.6 Å². The fourth-order valence-corrected chi connectivity index (χ4v) is 3.19. The average Bonchev–Trinajstić information content (AvgIpc) is 2.80. The van der Waals surface area contributed by atoms with Crippen LogP contribution in [0.1, 0.15) is 18.9 Å². The van der Waals surface area contributed by atoms with Crippen molar-refractivity contribution in [3.63, 3.8) is 0 Å². The highest BCUT2D eigenvalue weighted by Crippen LogP contribution is 2.31. The van der Waals surface area contributed by atoms with E-state index in [0.29, 0.717) is 6.54 Å². The molecule has 3 rings (SSSR count). The van der Waals surface area contributed by atoms with E-state index >= 15 is 0 Å². The molecule has 1 aromatic carbocycles. The number of carbonyl (C=O) groups excluding carboxylic acids is 1. The molecule has 1 amide bonds. The van der Waals surface area contributed by atoms with Gasteiger partial charge in [0, 0.05) is 19.6 Å². The van der Waals surface area contributed by atoms with Crippen LogP contribution in [0.4, 0.5) is 0 Å². The Balaban J connectivity index is 1.56. The summed E-state index contributed by atoms with van der Waals surface area (Å²) in [7, 11) is 0. The lowest BCUT2D eigenvalue weighted by Crippen LogP contribution is -2.45. The third-order valence-corrected chi connectivity index (χ3v) is 4.33. The van der Waals surface area contributed by atoms with E-state index in [1.165, 1.54) is 0 Å². The molecule has 2 aliphatic heterocycles. The smallest absolute Gasteiger partial charge is 0.226 e. The largest absolute Gasteiger partial charge is 0.371 e. The molecule has 0 radical (unpaired) electrons. The zero-order valence-corrected chi connectivity index (χ0v) is 11.9. The second-order valence-corrected chi connectivity index (χ2v) is 5.69. The van der Waals surface area contributed by atoms with Crippen LogP contribution in [0.25, 0.3) is 0 Å². The maximum absolute atomic E-state index is 12.3. The predicted octanol–water partition coefficient (Wildman–Crippen LogP) is 1.41. The van der Waals surface area contributed by atoms with E-state index in [9.17, 15) is 4.79 Å². The molecule has 4 nitrogen and oxygen atoms in total. The van der Waals surface area contributed by atoms with Gasteiger partial charge in [-0.3, -0.25) is 9.69 Å². The van der Waals surface area contributed by atoms with Crippen LogP contribution in [0, 0.1) is 5.92 Å². The third kappa shape index (κ3) is 2.86. The summed E-state index contributed by atoms with van der Waals surface area (Å²) in [6.45, 7) is 5.65. The first kappa shape index (κ1) is 13.6. The average molecular weight is 274 g/mol. The number of morpholine rings is 1. The first-order valence-corrected chi connectivity index (χ1v) is 7.45. The molecule has 0 saturated carbocycles. The van der Waals surface area contributed by atoms with Crippen molar-refractivity contribution in [2.24, 2.45) is 5.92 Å². The first-order valence-electron chi connectivity index (χ1n) is 7.45. The van der Waals surface area contributed by atoms with Gasteiger partial charge in [-0.05, 0) is 18.5 Å². The van der Waals surface area contributed by atoms with Gasteiger partial charge in [-0.25, -0.2) is 0 Å². The number of nitrogens with zero attached hydrogens (tertiary/aromatic N) is 1. The van der Waals surface area contributed by atoms with Gasteiger partial charge in [-0.2, -0.15) is 0 Å². The first-order chi connectivity index (χ1) is 9.76. The SMILES string of the molecule is CCN1C[C@@H]2C[C@H](C(=O)NCc3ccccc3)[C@@H](C1)O2. The van der Waals surface area contributed by atoms with Gasteiger partial charge in [-0.15, -0.1) is 0 Å². The summed E-state index contributed by atoms with van der Waals surface area (Å²) >= 11 is 0. The Bertz CT molecular complexity index is 463. The molecule has 2 fully saturated rings. The van der Waals surface area contributed by atoms with Crippen molar-refractivity contribution >= 4 is 5.91 Å². The maximum atomic E-state index is 12.3. The van der Waals surface area contributed by atoms with Gasteiger partial charge in [0.1, 0.15) is 0 Å². The van der Waals surface area contributed by atoms with Gasteiger partial charge < -0.3 is 10.1 Å².